The largest absolute Gasteiger partial charge is 0.481 e. The predicted molar refractivity (Wildman–Crippen MR) is 152 cm³/mol. The monoisotopic (exact) mass is 570 g/mol. The molecule has 1 aromatic heterocycles. The van der Waals surface area contributed by atoms with E-state index in [1.807, 2.05) is 44.4 Å². The van der Waals surface area contributed by atoms with Crippen molar-refractivity contribution in [1.82, 2.24) is 26.3 Å². The minimum Gasteiger partial charge on any atom is -0.481 e. The van der Waals surface area contributed by atoms with E-state index in [1.54, 1.807) is 20.0 Å². The second-order valence-electron chi connectivity index (χ2n) is 10.3. The van der Waals surface area contributed by atoms with Crippen LogP contribution in [0.25, 0.3) is 10.9 Å². The normalized spacial score (nSPS) is 15.4. The molecule has 0 aliphatic heterocycles. The van der Waals surface area contributed by atoms with Crippen LogP contribution in [0.1, 0.15) is 59.4 Å². The van der Waals surface area contributed by atoms with Crippen molar-refractivity contribution in [2.24, 2.45) is 11.8 Å². The summed E-state index contributed by atoms with van der Waals surface area (Å²) in [7, 11) is 0. The number of nitrogens with one attached hydrogen (secondary N) is 5. The number of para-hydroxylation sites is 1. The second-order valence-corrected chi connectivity index (χ2v) is 10.3. The number of aromatic amines is 1. The van der Waals surface area contributed by atoms with Gasteiger partial charge in [0.1, 0.15) is 18.1 Å². The predicted octanol–water partition coefficient (Wildman–Crippen LogP) is 1.35. The number of benzene rings is 1. The van der Waals surface area contributed by atoms with Crippen molar-refractivity contribution in [3.05, 3.63) is 36.0 Å². The van der Waals surface area contributed by atoms with Gasteiger partial charge in [0.05, 0.1) is 12.5 Å². The lowest BCUT2D eigenvalue weighted by Gasteiger charge is -2.30. The molecule has 0 saturated carbocycles. The summed E-state index contributed by atoms with van der Waals surface area (Å²) in [6, 6.07) is 3.07. The number of aliphatic carboxylic acids is 1. The molecule has 4 amide bonds. The van der Waals surface area contributed by atoms with Crippen LogP contribution in [0.5, 0.6) is 0 Å². The highest BCUT2D eigenvalue weighted by molar-refractivity contribution is 5.96. The van der Waals surface area contributed by atoms with Crippen molar-refractivity contribution in [3.63, 3.8) is 0 Å². The number of carbonyl (C=O) groups excluding carboxylic acids is 5. The van der Waals surface area contributed by atoms with Crippen LogP contribution in [0, 0.1) is 11.8 Å². The highest BCUT2D eigenvalue weighted by atomic mass is 16.4. The molecule has 223 valence electrons. The Morgan fingerprint density at radius 1 is 0.878 bits per heavy atom. The number of hydrogen-bond acceptors (Lipinski definition) is 6. The third-order valence-electron chi connectivity index (χ3n) is 7.22. The van der Waals surface area contributed by atoms with Gasteiger partial charge in [0, 0.05) is 30.4 Å². The minimum atomic E-state index is -1.38. The Hall–Kier alpha value is -4.22. The highest BCUT2D eigenvalue weighted by Gasteiger charge is 2.34. The number of rotatable bonds is 16. The van der Waals surface area contributed by atoms with Crippen LogP contribution >= 0.6 is 0 Å². The molecule has 0 aliphatic carbocycles. The molecule has 0 spiro atoms. The molecule has 6 N–H and O–H groups in total. The fourth-order valence-electron chi connectivity index (χ4n) is 4.43. The van der Waals surface area contributed by atoms with Crippen LogP contribution < -0.4 is 21.3 Å². The van der Waals surface area contributed by atoms with Gasteiger partial charge in [0.2, 0.25) is 29.9 Å². The van der Waals surface area contributed by atoms with Gasteiger partial charge >= 0.3 is 5.97 Å². The van der Waals surface area contributed by atoms with E-state index in [0.717, 1.165) is 23.4 Å². The van der Waals surface area contributed by atoms with Crippen LogP contribution in [-0.2, 0) is 35.2 Å². The van der Waals surface area contributed by atoms with E-state index in [-0.39, 0.29) is 18.3 Å². The molecule has 2 aromatic rings. The smallest absolute Gasteiger partial charge is 0.305 e. The Morgan fingerprint density at radius 2 is 1.44 bits per heavy atom. The lowest BCUT2D eigenvalue weighted by molar-refractivity contribution is -0.141. The number of fused-ring (bicyclic) bond motifs is 1. The van der Waals surface area contributed by atoms with Gasteiger partial charge in [-0.2, -0.15) is 0 Å². The summed E-state index contributed by atoms with van der Waals surface area (Å²) < 4.78 is 0. The molecule has 0 unspecified atom stereocenters. The first kappa shape index (κ1) is 33.0. The Morgan fingerprint density at radius 3 is 1.98 bits per heavy atom. The average Bonchev–Trinajstić information content (AvgIpc) is 3.34. The molecular weight excluding hydrogens is 530 g/mol. The molecule has 12 heteroatoms. The van der Waals surface area contributed by atoms with Gasteiger partial charge < -0.3 is 31.4 Å². The molecule has 1 heterocycles. The maximum absolute atomic E-state index is 13.4. The molecule has 12 nitrogen and oxygen atoms in total. The third kappa shape index (κ3) is 9.44. The Bertz CT molecular complexity index is 1230. The molecular formula is C29H40N5O7. The summed E-state index contributed by atoms with van der Waals surface area (Å²) in [4.78, 5) is 77.4. The van der Waals surface area contributed by atoms with Crippen molar-refractivity contribution < 1.29 is 33.9 Å². The molecule has 0 aliphatic rings. The SMILES string of the molecule is CC[C@H](C)[C@H](NC(=O)[C@H](CC(=O)O)NC(C)=O)C(=O)N[C@H](C(=O)N[C@H]([C]=O)Cc1c[nH]c2ccccc12)[C@@H](C)CC. The number of carboxylic acids is 1. The first-order valence-corrected chi connectivity index (χ1v) is 13.7. The third-order valence-corrected chi connectivity index (χ3v) is 7.22. The Kier molecular flexibility index (Phi) is 12.5. The lowest BCUT2D eigenvalue weighted by atomic mass is 9.94. The lowest BCUT2D eigenvalue weighted by Crippen LogP contribution is -2.60. The summed E-state index contributed by atoms with van der Waals surface area (Å²) in [5.74, 6) is -4.66. The Labute approximate surface area is 239 Å². The van der Waals surface area contributed by atoms with Gasteiger partial charge in [0.15, 0.2) is 0 Å². The number of aromatic nitrogens is 1. The number of carbonyl (C=O) groups is 5. The molecule has 6 atom stereocenters. The first-order chi connectivity index (χ1) is 19.4. The van der Waals surface area contributed by atoms with Crippen molar-refractivity contribution in [1.29, 1.82) is 0 Å². The fourth-order valence-corrected chi connectivity index (χ4v) is 4.43. The molecule has 2 rings (SSSR count). The van der Waals surface area contributed by atoms with E-state index in [2.05, 4.69) is 26.3 Å². The van der Waals surface area contributed by atoms with Gasteiger partial charge in [-0.25, -0.2) is 0 Å². The zero-order valence-corrected chi connectivity index (χ0v) is 24.1. The quantitative estimate of drug-likeness (QED) is 0.176. The molecule has 0 fully saturated rings. The topological polar surface area (TPSA) is 187 Å². The molecule has 0 bridgehead atoms. The van der Waals surface area contributed by atoms with E-state index >= 15 is 0 Å². The maximum Gasteiger partial charge on any atom is 0.305 e. The summed E-state index contributed by atoms with van der Waals surface area (Å²) in [6.07, 6.45) is 4.18. The zero-order chi connectivity index (χ0) is 30.7. The van der Waals surface area contributed by atoms with Crippen LogP contribution in [0.15, 0.2) is 30.5 Å². The van der Waals surface area contributed by atoms with E-state index in [0.29, 0.717) is 12.8 Å². The van der Waals surface area contributed by atoms with Gasteiger partial charge in [-0.05, 0) is 23.5 Å². The van der Waals surface area contributed by atoms with E-state index in [4.69, 9.17) is 5.11 Å². The van der Waals surface area contributed by atoms with Crippen LogP contribution in [0.3, 0.4) is 0 Å². The second kappa shape index (κ2) is 15.5. The average molecular weight is 571 g/mol. The summed E-state index contributed by atoms with van der Waals surface area (Å²) in [6.45, 7) is 8.32. The van der Waals surface area contributed by atoms with Crippen molar-refractivity contribution >= 4 is 46.8 Å². The summed E-state index contributed by atoms with van der Waals surface area (Å²) in [5, 5.41) is 20.3. The van der Waals surface area contributed by atoms with Gasteiger partial charge in [0.25, 0.3) is 0 Å². The first-order valence-electron chi connectivity index (χ1n) is 13.7. The molecule has 1 aromatic carbocycles. The van der Waals surface area contributed by atoms with Crippen molar-refractivity contribution in [2.75, 3.05) is 0 Å². The molecule has 1 radical (unpaired) electrons. The van der Waals surface area contributed by atoms with Gasteiger partial charge in [-0.15, -0.1) is 0 Å². The molecule has 41 heavy (non-hydrogen) atoms. The van der Waals surface area contributed by atoms with E-state index < -0.39 is 60.2 Å². The van der Waals surface area contributed by atoms with Crippen molar-refractivity contribution in [3.8, 4) is 0 Å². The van der Waals surface area contributed by atoms with Crippen LogP contribution in [0.4, 0.5) is 0 Å². The minimum absolute atomic E-state index is 0.195. The fraction of sp³-hybridized carbons (Fsp3) is 0.517. The summed E-state index contributed by atoms with van der Waals surface area (Å²) in [5.41, 5.74) is 1.72. The van der Waals surface area contributed by atoms with Crippen LogP contribution in [0.2, 0.25) is 0 Å². The number of carboxylic acid groups (broad SMARTS) is 1. The molecule has 0 saturated heterocycles. The Balaban J connectivity index is 2.20. The standard InChI is InChI=1S/C29H40N5O7/c1-6-16(3)25(28(40)32-20(15-35)12-19-14-30-22-11-9-8-10-21(19)22)34-29(41)26(17(4)7-2)33-27(39)23(13-24(37)38)31-18(5)36/h8-11,14,16-17,20,23,25-26,30H,6-7,12-13H2,1-5H3,(H,31,36)(H,32,40)(H,33,39)(H,34,41)(H,37,38)/t16-,17-,20-,23-,25-,26-/m0/s1. The van der Waals surface area contributed by atoms with E-state index in [9.17, 15) is 28.8 Å². The van der Waals surface area contributed by atoms with Gasteiger partial charge in [-0.1, -0.05) is 58.7 Å². The van der Waals surface area contributed by atoms with Crippen LogP contribution in [-0.4, -0.2) is 70.1 Å². The summed E-state index contributed by atoms with van der Waals surface area (Å²) >= 11 is 0. The zero-order valence-electron chi connectivity index (χ0n) is 24.1. The number of amides is 4. The van der Waals surface area contributed by atoms with E-state index in [1.165, 1.54) is 0 Å². The van der Waals surface area contributed by atoms with Gasteiger partial charge in [-0.3, -0.25) is 28.8 Å². The highest BCUT2D eigenvalue weighted by Crippen LogP contribution is 2.19. The van der Waals surface area contributed by atoms with Crippen molar-refractivity contribution in [2.45, 2.75) is 84.5 Å². The number of H-pyrrole nitrogens is 1. The maximum atomic E-state index is 13.4. The number of hydrogen-bond donors (Lipinski definition) is 6.